The Morgan fingerprint density at radius 2 is 0.564 bits per heavy atom. The lowest BCUT2D eigenvalue weighted by atomic mass is 10.0. The quantitative estimate of drug-likeness (QED) is 0.0420. The number of carbonyl (C=O) groups excluding carboxylic acids is 1. The van der Waals surface area contributed by atoms with E-state index in [0.717, 1.165) is 103 Å². The summed E-state index contributed by atoms with van der Waals surface area (Å²) in [5, 5.41) is 23.3. The first kappa shape index (κ1) is 74.5. The van der Waals surface area contributed by atoms with E-state index in [1.165, 1.54) is 186 Å². The van der Waals surface area contributed by atoms with E-state index in [9.17, 15) is 15.0 Å². The van der Waals surface area contributed by atoms with Crippen molar-refractivity contribution >= 4 is 5.91 Å². The number of hydrogen-bond donors (Lipinski definition) is 3. The zero-order valence-electron chi connectivity index (χ0n) is 51.4. The first-order chi connectivity index (χ1) is 38.7. The van der Waals surface area contributed by atoms with Crippen molar-refractivity contribution in [3.63, 3.8) is 0 Å². The summed E-state index contributed by atoms with van der Waals surface area (Å²) in [5.41, 5.74) is 0. The minimum absolute atomic E-state index is 0.0807. The number of carbonyl (C=O) groups is 1. The van der Waals surface area contributed by atoms with Gasteiger partial charge in [0.25, 0.3) is 0 Å². The van der Waals surface area contributed by atoms with Crippen LogP contribution < -0.4 is 5.32 Å². The molecule has 0 spiro atoms. The molecule has 4 heteroatoms. The molecular formula is C74H127NO3. The zero-order chi connectivity index (χ0) is 56.2. The smallest absolute Gasteiger partial charge is 0.220 e. The molecule has 0 aliphatic rings. The van der Waals surface area contributed by atoms with E-state index in [1.54, 1.807) is 6.08 Å². The Hall–Kier alpha value is -3.47. The van der Waals surface area contributed by atoms with Gasteiger partial charge in [0.15, 0.2) is 0 Å². The fourth-order valence-electron chi connectivity index (χ4n) is 9.62. The van der Waals surface area contributed by atoms with Crippen molar-refractivity contribution < 1.29 is 15.0 Å². The number of rotatable bonds is 60. The Kier molecular flexibility index (Phi) is 64.8. The van der Waals surface area contributed by atoms with Crippen LogP contribution in [0.25, 0.3) is 0 Å². The topological polar surface area (TPSA) is 69.6 Å². The van der Waals surface area contributed by atoms with Crippen molar-refractivity contribution in [2.45, 2.75) is 321 Å². The second-order valence-corrected chi connectivity index (χ2v) is 22.2. The Morgan fingerprint density at radius 1 is 0.321 bits per heavy atom. The molecule has 0 rings (SSSR count). The Bertz CT molecular complexity index is 1550. The van der Waals surface area contributed by atoms with Crippen LogP contribution in [0.5, 0.6) is 0 Å². The van der Waals surface area contributed by atoms with Gasteiger partial charge in [0.2, 0.25) is 5.91 Å². The van der Waals surface area contributed by atoms with Crippen LogP contribution in [0, 0.1) is 0 Å². The first-order valence-corrected chi connectivity index (χ1v) is 33.4. The van der Waals surface area contributed by atoms with E-state index >= 15 is 0 Å². The van der Waals surface area contributed by atoms with Crippen LogP contribution in [0.2, 0.25) is 0 Å². The number of aliphatic hydroxyl groups excluding tert-OH is 2. The van der Waals surface area contributed by atoms with Crippen LogP contribution in [-0.2, 0) is 4.79 Å². The lowest BCUT2D eigenvalue weighted by Crippen LogP contribution is -2.45. The molecule has 0 bridgehead atoms. The van der Waals surface area contributed by atoms with E-state index < -0.39 is 12.1 Å². The van der Waals surface area contributed by atoms with Crippen molar-refractivity contribution in [3.8, 4) is 0 Å². The summed E-state index contributed by atoms with van der Waals surface area (Å²) in [5.74, 6) is -0.0807. The van der Waals surface area contributed by atoms with Gasteiger partial charge < -0.3 is 15.5 Å². The Balaban J connectivity index is 3.60. The summed E-state index contributed by atoms with van der Waals surface area (Å²) in [6, 6.07) is -0.642. The maximum absolute atomic E-state index is 12.5. The number of nitrogens with one attached hydrogen (secondary N) is 1. The van der Waals surface area contributed by atoms with Crippen LogP contribution in [0.3, 0.4) is 0 Å². The van der Waals surface area contributed by atoms with Crippen molar-refractivity contribution in [1.82, 2.24) is 5.32 Å². The minimum atomic E-state index is -0.857. The van der Waals surface area contributed by atoms with Crippen LogP contribution in [0.4, 0.5) is 0 Å². The summed E-state index contributed by atoms with van der Waals surface area (Å²) in [6.45, 7) is 4.21. The number of aliphatic hydroxyl groups is 2. The summed E-state index contributed by atoms with van der Waals surface area (Å²) >= 11 is 0. The van der Waals surface area contributed by atoms with Gasteiger partial charge in [-0.2, -0.15) is 0 Å². The maximum atomic E-state index is 12.5. The number of hydrogen-bond acceptors (Lipinski definition) is 3. The second-order valence-electron chi connectivity index (χ2n) is 22.2. The second kappa shape index (κ2) is 67.8. The van der Waals surface area contributed by atoms with E-state index in [1.807, 2.05) is 6.08 Å². The molecule has 0 aliphatic carbocycles. The van der Waals surface area contributed by atoms with Crippen molar-refractivity contribution in [2.75, 3.05) is 6.61 Å². The lowest BCUT2D eigenvalue weighted by molar-refractivity contribution is -0.123. The van der Waals surface area contributed by atoms with E-state index in [4.69, 9.17) is 0 Å². The van der Waals surface area contributed by atoms with Gasteiger partial charge >= 0.3 is 0 Å². The summed E-state index contributed by atoms with van der Waals surface area (Å²) in [6.07, 6.45) is 105. The van der Waals surface area contributed by atoms with Gasteiger partial charge in [0, 0.05) is 6.42 Å². The largest absolute Gasteiger partial charge is 0.394 e. The highest BCUT2D eigenvalue weighted by atomic mass is 16.3. The van der Waals surface area contributed by atoms with Crippen molar-refractivity contribution in [2.24, 2.45) is 0 Å². The molecule has 78 heavy (non-hydrogen) atoms. The van der Waals surface area contributed by atoms with Crippen molar-refractivity contribution in [3.05, 3.63) is 134 Å². The molecule has 0 saturated heterocycles. The monoisotopic (exact) mass is 1080 g/mol. The predicted octanol–water partition coefficient (Wildman–Crippen LogP) is 22.9. The van der Waals surface area contributed by atoms with Gasteiger partial charge in [-0.15, -0.1) is 0 Å². The molecule has 2 unspecified atom stereocenters. The number of unbranched alkanes of at least 4 members (excludes halogenated alkanes) is 33. The minimum Gasteiger partial charge on any atom is -0.394 e. The number of allylic oxidation sites excluding steroid dienone is 21. The molecule has 0 aromatic heterocycles. The lowest BCUT2D eigenvalue weighted by Gasteiger charge is -2.20. The Labute approximate surface area is 485 Å². The van der Waals surface area contributed by atoms with Crippen LogP contribution in [0.15, 0.2) is 134 Å². The molecular weight excluding hydrogens is 951 g/mol. The first-order valence-electron chi connectivity index (χ1n) is 33.4. The van der Waals surface area contributed by atoms with E-state index in [2.05, 4.69) is 141 Å². The molecule has 0 aliphatic heterocycles. The average molecular weight is 1080 g/mol. The number of amides is 1. The fourth-order valence-corrected chi connectivity index (χ4v) is 9.62. The summed E-state index contributed by atoms with van der Waals surface area (Å²) in [4.78, 5) is 12.5. The van der Waals surface area contributed by atoms with Crippen LogP contribution in [-0.4, -0.2) is 34.9 Å². The molecule has 0 aromatic carbocycles. The highest BCUT2D eigenvalue weighted by Crippen LogP contribution is 2.17. The molecule has 4 nitrogen and oxygen atoms in total. The molecule has 0 saturated carbocycles. The Morgan fingerprint density at radius 3 is 0.846 bits per heavy atom. The van der Waals surface area contributed by atoms with Crippen LogP contribution >= 0.6 is 0 Å². The third-order valence-electron chi connectivity index (χ3n) is 14.6. The molecule has 0 aromatic rings. The van der Waals surface area contributed by atoms with Crippen molar-refractivity contribution in [1.29, 1.82) is 0 Å². The molecule has 0 heterocycles. The normalized spacial score (nSPS) is 13.6. The molecule has 2 atom stereocenters. The summed E-state index contributed by atoms with van der Waals surface area (Å²) < 4.78 is 0. The standard InChI is InChI=1S/C74H127NO3/c1-3-5-7-9-11-13-15-17-19-21-23-25-27-29-31-33-34-35-36-37-38-39-40-42-44-46-48-50-52-54-56-58-60-62-64-66-68-70-74(78)75-72(71-76)73(77)69-67-65-63-61-59-57-55-53-51-49-47-45-43-41-32-30-28-26-24-22-20-18-16-14-12-10-8-6-4-2/h5,7,11,13,17,19,23,25,29,31,34-35,37-38,40,42,46,48,52,54,67,69,72-73,76-77H,3-4,6,8-10,12,14-16,18,20-22,24,26-28,30,32-33,36,39,41,43-45,47,49-51,53,55-66,68,70-71H2,1-2H3,(H,75,78)/b7-5-,13-11-,19-17-,25-23-,31-29-,35-34-,38-37-,42-40-,48-46-,54-52-,69-67+. The van der Waals surface area contributed by atoms with Gasteiger partial charge in [-0.3, -0.25) is 4.79 Å². The average Bonchev–Trinajstić information content (AvgIpc) is 3.44. The van der Waals surface area contributed by atoms with Gasteiger partial charge in [-0.1, -0.05) is 340 Å². The zero-order valence-corrected chi connectivity index (χ0v) is 51.4. The van der Waals surface area contributed by atoms with E-state index in [-0.39, 0.29) is 12.5 Å². The van der Waals surface area contributed by atoms with Crippen LogP contribution in [0.1, 0.15) is 309 Å². The summed E-state index contributed by atoms with van der Waals surface area (Å²) in [7, 11) is 0. The highest BCUT2D eigenvalue weighted by Gasteiger charge is 2.18. The third-order valence-corrected chi connectivity index (χ3v) is 14.6. The highest BCUT2D eigenvalue weighted by molar-refractivity contribution is 5.76. The predicted molar refractivity (Wildman–Crippen MR) is 349 cm³/mol. The molecule has 446 valence electrons. The van der Waals surface area contributed by atoms with Gasteiger partial charge in [0.1, 0.15) is 0 Å². The van der Waals surface area contributed by atoms with Gasteiger partial charge in [0.05, 0.1) is 18.8 Å². The molecule has 3 N–H and O–H groups in total. The molecule has 0 fully saturated rings. The van der Waals surface area contributed by atoms with Gasteiger partial charge in [-0.05, 0) is 96.3 Å². The SMILES string of the molecule is CC/C=C\C/C=C\C/C=C\C/C=C\C/C=C\C/C=C\C/C=C\C/C=C\C/C=C\C/C=C\CCCCCCCCC(=O)NC(CO)C(O)/C=C/CCCCCCCCCCCCCCCCCCCCCCCCCCCCC. The van der Waals surface area contributed by atoms with E-state index in [0.29, 0.717) is 6.42 Å². The molecule has 0 radical (unpaired) electrons. The maximum Gasteiger partial charge on any atom is 0.220 e. The third kappa shape index (κ3) is 63.4. The van der Waals surface area contributed by atoms with Gasteiger partial charge in [-0.25, -0.2) is 0 Å². The fraction of sp³-hybridized carbons (Fsp3) is 0.689. The molecule has 1 amide bonds.